The zero-order valence-electron chi connectivity index (χ0n) is 16.9. The lowest BCUT2D eigenvalue weighted by atomic mass is 9.93. The third-order valence-electron chi connectivity index (χ3n) is 5.54. The lowest BCUT2D eigenvalue weighted by Gasteiger charge is -2.43. The number of hydrogen-bond donors (Lipinski definition) is 2. The fourth-order valence-corrected chi connectivity index (χ4v) is 3.88. The number of nitrogens with zero attached hydrogens (tertiary/aromatic N) is 3. The van der Waals surface area contributed by atoms with Crippen molar-refractivity contribution < 1.29 is 4.79 Å². The number of aromatic nitrogens is 2. The highest BCUT2D eigenvalue weighted by Crippen LogP contribution is 2.23. The van der Waals surface area contributed by atoms with E-state index in [1.165, 1.54) is 12.8 Å². The third kappa shape index (κ3) is 4.75. The predicted molar refractivity (Wildman–Crippen MR) is 102 cm³/mol. The fourth-order valence-electron chi connectivity index (χ4n) is 3.88. The van der Waals surface area contributed by atoms with E-state index in [9.17, 15) is 4.79 Å². The summed E-state index contributed by atoms with van der Waals surface area (Å²) < 4.78 is 1.86. The average Bonchev–Trinajstić information content (AvgIpc) is 2.78. The summed E-state index contributed by atoms with van der Waals surface area (Å²) >= 11 is 0. The van der Waals surface area contributed by atoms with Gasteiger partial charge in [0, 0.05) is 36.9 Å². The molecule has 0 bridgehead atoms. The number of urea groups is 1. The first kappa shape index (κ1) is 19.8. The van der Waals surface area contributed by atoms with Crippen molar-refractivity contribution in [1.29, 1.82) is 0 Å². The van der Waals surface area contributed by atoms with Gasteiger partial charge in [-0.1, -0.05) is 6.92 Å². The summed E-state index contributed by atoms with van der Waals surface area (Å²) in [5, 5.41) is 10.5. The molecular formula is C19H35N5O. The fraction of sp³-hybridized carbons (Fsp3) is 0.789. The van der Waals surface area contributed by atoms with Gasteiger partial charge in [0.25, 0.3) is 0 Å². The van der Waals surface area contributed by atoms with E-state index in [2.05, 4.69) is 41.4 Å². The number of hydrogen-bond acceptors (Lipinski definition) is 3. The highest BCUT2D eigenvalue weighted by atomic mass is 16.2. The van der Waals surface area contributed by atoms with Crippen molar-refractivity contribution in [3.8, 4) is 0 Å². The molecule has 2 amide bonds. The SMILES string of the molecule is Cc1nn(C)c(C)c1[C@@H](C)NC(=O)NCC(C)(C)N1CCC[C@H](C)C1. The third-order valence-corrected chi connectivity index (χ3v) is 5.54. The van der Waals surface area contributed by atoms with Gasteiger partial charge in [-0.15, -0.1) is 0 Å². The first-order chi connectivity index (χ1) is 11.6. The van der Waals surface area contributed by atoms with Crippen LogP contribution in [0, 0.1) is 19.8 Å². The zero-order chi connectivity index (χ0) is 18.8. The van der Waals surface area contributed by atoms with Crippen LogP contribution in [0.2, 0.25) is 0 Å². The van der Waals surface area contributed by atoms with Gasteiger partial charge in [0.1, 0.15) is 0 Å². The Kier molecular flexibility index (Phi) is 6.14. The first-order valence-electron chi connectivity index (χ1n) is 9.41. The minimum Gasteiger partial charge on any atom is -0.336 e. The van der Waals surface area contributed by atoms with Crippen molar-refractivity contribution in [1.82, 2.24) is 25.3 Å². The molecule has 1 saturated heterocycles. The van der Waals surface area contributed by atoms with E-state index in [1.807, 2.05) is 32.5 Å². The molecule has 142 valence electrons. The van der Waals surface area contributed by atoms with E-state index in [0.717, 1.165) is 36.0 Å². The van der Waals surface area contributed by atoms with E-state index in [-0.39, 0.29) is 17.6 Å². The molecule has 25 heavy (non-hydrogen) atoms. The molecule has 1 fully saturated rings. The van der Waals surface area contributed by atoms with Crippen molar-refractivity contribution >= 4 is 6.03 Å². The molecular weight excluding hydrogens is 314 g/mol. The Bertz CT molecular complexity index is 607. The van der Waals surface area contributed by atoms with Crippen LogP contribution < -0.4 is 10.6 Å². The van der Waals surface area contributed by atoms with Crippen LogP contribution in [0.25, 0.3) is 0 Å². The summed E-state index contributed by atoms with van der Waals surface area (Å²) in [6.07, 6.45) is 2.55. The molecule has 2 atom stereocenters. The van der Waals surface area contributed by atoms with Gasteiger partial charge >= 0.3 is 6.03 Å². The van der Waals surface area contributed by atoms with Gasteiger partial charge in [0.2, 0.25) is 0 Å². The average molecular weight is 350 g/mol. The van der Waals surface area contributed by atoms with E-state index in [1.54, 1.807) is 0 Å². The van der Waals surface area contributed by atoms with Gasteiger partial charge < -0.3 is 10.6 Å². The maximum atomic E-state index is 12.4. The minimum atomic E-state index is -0.117. The number of nitrogens with one attached hydrogen (secondary N) is 2. The highest BCUT2D eigenvalue weighted by Gasteiger charge is 2.30. The number of amides is 2. The Hall–Kier alpha value is -1.56. The van der Waals surface area contributed by atoms with Crippen molar-refractivity contribution in [3.05, 3.63) is 17.0 Å². The maximum Gasteiger partial charge on any atom is 0.315 e. The molecule has 0 unspecified atom stereocenters. The molecule has 2 rings (SSSR count). The Balaban J connectivity index is 1.89. The molecule has 2 heterocycles. The molecule has 0 saturated carbocycles. The lowest BCUT2D eigenvalue weighted by molar-refractivity contribution is 0.0723. The summed E-state index contributed by atoms with van der Waals surface area (Å²) in [5.74, 6) is 0.735. The topological polar surface area (TPSA) is 62.2 Å². The van der Waals surface area contributed by atoms with Gasteiger partial charge in [-0.2, -0.15) is 5.10 Å². The molecule has 0 radical (unpaired) electrons. The molecule has 1 aromatic heterocycles. The highest BCUT2D eigenvalue weighted by molar-refractivity contribution is 5.74. The van der Waals surface area contributed by atoms with Crippen LogP contribution in [0.5, 0.6) is 0 Å². The molecule has 0 aromatic carbocycles. The quantitative estimate of drug-likeness (QED) is 0.859. The van der Waals surface area contributed by atoms with Gasteiger partial charge in [0.15, 0.2) is 0 Å². The largest absolute Gasteiger partial charge is 0.336 e. The number of rotatable bonds is 5. The van der Waals surface area contributed by atoms with Crippen LogP contribution in [0.3, 0.4) is 0 Å². The maximum absolute atomic E-state index is 12.4. The summed E-state index contributed by atoms with van der Waals surface area (Å²) in [7, 11) is 1.93. The summed E-state index contributed by atoms with van der Waals surface area (Å²) in [5.41, 5.74) is 3.13. The summed E-state index contributed by atoms with van der Waals surface area (Å²) in [6.45, 7) is 15.6. The Morgan fingerprint density at radius 1 is 1.40 bits per heavy atom. The second-order valence-corrected chi connectivity index (χ2v) is 8.26. The van der Waals surface area contributed by atoms with Crippen molar-refractivity contribution in [2.24, 2.45) is 13.0 Å². The smallest absolute Gasteiger partial charge is 0.315 e. The van der Waals surface area contributed by atoms with Crippen LogP contribution in [0.15, 0.2) is 0 Å². The monoisotopic (exact) mass is 349 g/mol. The molecule has 0 aliphatic carbocycles. The Labute approximate surface area is 152 Å². The van der Waals surface area contributed by atoms with Crippen molar-refractivity contribution in [2.45, 2.75) is 66.0 Å². The Morgan fingerprint density at radius 3 is 2.64 bits per heavy atom. The van der Waals surface area contributed by atoms with Gasteiger partial charge in [-0.25, -0.2) is 4.79 Å². The number of piperidine rings is 1. The molecule has 1 aliphatic rings. The van der Waals surface area contributed by atoms with Crippen molar-refractivity contribution in [2.75, 3.05) is 19.6 Å². The number of aryl methyl sites for hydroxylation is 2. The minimum absolute atomic E-state index is 0.0323. The van der Waals surface area contributed by atoms with E-state index in [0.29, 0.717) is 6.54 Å². The van der Waals surface area contributed by atoms with Crippen LogP contribution in [0.1, 0.15) is 63.5 Å². The molecule has 6 nitrogen and oxygen atoms in total. The van der Waals surface area contributed by atoms with E-state index in [4.69, 9.17) is 0 Å². The molecule has 6 heteroatoms. The predicted octanol–water partition coefficient (Wildman–Crippen LogP) is 2.91. The van der Waals surface area contributed by atoms with Crippen LogP contribution in [-0.2, 0) is 7.05 Å². The second-order valence-electron chi connectivity index (χ2n) is 8.26. The standard InChI is InChI=1S/C19H35N5O/c1-13-9-8-10-24(11-13)19(5,6)12-20-18(25)21-14(2)17-15(3)22-23(7)16(17)4/h13-14H,8-12H2,1-7H3,(H2,20,21,25)/t13-,14+/m0/s1. The lowest BCUT2D eigenvalue weighted by Crippen LogP contribution is -2.55. The van der Waals surface area contributed by atoms with Gasteiger partial charge in [0.05, 0.1) is 11.7 Å². The normalized spacial score (nSPS) is 20.4. The Morgan fingerprint density at radius 2 is 2.08 bits per heavy atom. The van der Waals surface area contributed by atoms with Crippen LogP contribution in [-0.4, -0.2) is 45.9 Å². The van der Waals surface area contributed by atoms with Gasteiger partial charge in [-0.3, -0.25) is 9.58 Å². The zero-order valence-corrected chi connectivity index (χ0v) is 16.9. The summed E-state index contributed by atoms with van der Waals surface area (Å²) in [4.78, 5) is 14.9. The number of carbonyl (C=O) groups is 1. The molecule has 1 aliphatic heterocycles. The second kappa shape index (κ2) is 7.77. The van der Waals surface area contributed by atoms with E-state index >= 15 is 0 Å². The summed E-state index contributed by atoms with van der Waals surface area (Å²) in [6, 6.07) is -0.180. The van der Waals surface area contributed by atoms with E-state index < -0.39 is 0 Å². The number of carbonyl (C=O) groups excluding carboxylic acids is 1. The number of likely N-dealkylation sites (tertiary alicyclic amines) is 1. The first-order valence-corrected chi connectivity index (χ1v) is 9.41. The van der Waals surface area contributed by atoms with Gasteiger partial charge in [-0.05, 0) is 59.9 Å². The van der Waals surface area contributed by atoms with Crippen LogP contribution >= 0.6 is 0 Å². The molecule has 2 N–H and O–H groups in total. The van der Waals surface area contributed by atoms with Crippen LogP contribution in [0.4, 0.5) is 4.79 Å². The molecule has 1 aromatic rings. The van der Waals surface area contributed by atoms with Crippen molar-refractivity contribution in [3.63, 3.8) is 0 Å². The molecule has 0 spiro atoms.